The van der Waals surface area contributed by atoms with Crippen molar-refractivity contribution in [3.8, 4) is 0 Å². The molecule has 0 radical (unpaired) electrons. The molecule has 5 heteroatoms. The van der Waals surface area contributed by atoms with Crippen molar-refractivity contribution in [1.82, 2.24) is 4.90 Å². The molecule has 0 bridgehead atoms. The first-order valence-corrected chi connectivity index (χ1v) is 6.62. The number of carbonyl (C=O) groups is 2. The molecular formula is C15H20FNO3. The zero-order chi connectivity index (χ0) is 15.1. The zero-order valence-corrected chi connectivity index (χ0v) is 11.8. The number of carboxylic acid groups (broad SMARTS) is 1. The molecule has 0 heterocycles. The van der Waals surface area contributed by atoms with Crippen LogP contribution in [-0.2, 0) is 16.1 Å². The third-order valence-electron chi connectivity index (χ3n) is 2.90. The standard InChI is InChI=1S/C15H20FNO3/c1-11(2)3-8-14(18)17(10-15(19)20)9-12-4-6-13(16)7-5-12/h4-7,11H,3,8-10H2,1-2H3,(H,19,20). The Morgan fingerprint density at radius 2 is 1.85 bits per heavy atom. The van der Waals surface area contributed by atoms with E-state index in [9.17, 15) is 14.0 Å². The highest BCUT2D eigenvalue weighted by atomic mass is 19.1. The number of nitrogens with zero attached hydrogens (tertiary/aromatic N) is 1. The van der Waals surface area contributed by atoms with Crippen molar-refractivity contribution in [2.75, 3.05) is 6.54 Å². The number of carboxylic acids is 1. The fourth-order valence-corrected chi connectivity index (χ4v) is 1.78. The lowest BCUT2D eigenvalue weighted by atomic mass is 10.1. The Labute approximate surface area is 118 Å². The summed E-state index contributed by atoms with van der Waals surface area (Å²) in [6.45, 7) is 3.86. The second-order valence-electron chi connectivity index (χ2n) is 5.20. The van der Waals surface area contributed by atoms with E-state index >= 15 is 0 Å². The summed E-state index contributed by atoms with van der Waals surface area (Å²) in [5.41, 5.74) is 0.713. The van der Waals surface area contributed by atoms with Crippen molar-refractivity contribution < 1.29 is 19.1 Å². The van der Waals surface area contributed by atoms with Gasteiger partial charge in [0, 0.05) is 13.0 Å². The Morgan fingerprint density at radius 3 is 2.35 bits per heavy atom. The summed E-state index contributed by atoms with van der Waals surface area (Å²) in [5.74, 6) is -1.21. The fraction of sp³-hybridized carbons (Fsp3) is 0.467. The number of halogens is 1. The van der Waals surface area contributed by atoms with Crippen LogP contribution in [0.25, 0.3) is 0 Å². The molecule has 110 valence electrons. The van der Waals surface area contributed by atoms with Gasteiger partial charge in [-0.05, 0) is 30.0 Å². The van der Waals surface area contributed by atoms with Gasteiger partial charge in [0.2, 0.25) is 5.91 Å². The largest absolute Gasteiger partial charge is 0.480 e. The van der Waals surface area contributed by atoms with Crippen LogP contribution in [0.4, 0.5) is 4.39 Å². The molecule has 0 aliphatic heterocycles. The van der Waals surface area contributed by atoms with Gasteiger partial charge in [-0.2, -0.15) is 0 Å². The summed E-state index contributed by atoms with van der Waals surface area (Å²) in [6.07, 6.45) is 1.05. The summed E-state index contributed by atoms with van der Waals surface area (Å²) in [4.78, 5) is 24.2. The number of carbonyl (C=O) groups excluding carboxylic acids is 1. The summed E-state index contributed by atoms with van der Waals surface area (Å²) in [5, 5.41) is 8.88. The van der Waals surface area contributed by atoms with E-state index in [0.29, 0.717) is 17.9 Å². The van der Waals surface area contributed by atoms with Gasteiger partial charge in [-0.1, -0.05) is 26.0 Å². The van der Waals surface area contributed by atoms with Gasteiger partial charge < -0.3 is 10.0 Å². The quantitative estimate of drug-likeness (QED) is 0.836. The highest BCUT2D eigenvalue weighted by Crippen LogP contribution is 2.11. The van der Waals surface area contributed by atoms with Gasteiger partial charge in [-0.25, -0.2) is 4.39 Å². The summed E-state index contributed by atoms with van der Waals surface area (Å²) >= 11 is 0. The fourth-order valence-electron chi connectivity index (χ4n) is 1.78. The van der Waals surface area contributed by atoms with Crippen LogP contribution in [0.2, 0.25) is 0 Å². The van der Waals surface area contributed by atoms with Crippen LogP contribution < -0.4 is 0 Å². The second-order valence-corrected chi connectivity index (χ2v) is 5.20. The third kappa shape index (κ3) is 5.82. The lowest BCUT2D eigenvalue weighted by molar-refractivity contribution is -0.145. The van der Waals surface area contributed by atoms with Crippen LogP contribution in [0.15, 0.2) is 24.3 Å². The first-order valence-electron chi connectivity index (χ1n) is 6.62. The van der Waals surface area contributed by atoms with Gasteiger partial charge >= 0.3 is 5.97 Å². The molecule has 0 aliphatic rings. The van der Waals surface area contributed by atoms with Gasteiger partial charge in [-0.3, -0.25) is 9.59 Å². The maximum absolute atomic E-state index is 12.8. The van der Waals surface area contributed by atoms with Crippen molar-refractivity contribution >= 4 is 11.9 Å². The summed E-state index contributed by atoms with van der Waals surface area (Å²) in [7, 11) is 0. The zero-order valence-electron chi connectivity index (χ0n) is 11.8. The van der Waals surface area contributed by atoms with Gasteiger partial charge in [0.1, 0.15) is 12.4 Å². The molecule has 0 fully saturated rings. The first-order chi connectivity index (χ1) is 9.38. The van der Waals surface area contributed by atoms with Gasteiger partial charge in [-0.15, -0.1) is 0 Å². The van der Waals surface area contributed by atoms with Crippen molar-refractivity contribution in [3.05, 3.63) is 35.6 Å². The van der Waals surface area contributed by atoms with Crippen LogP contribution in [-0.4, -0.2) is 28.4 Å². The maximum atomic E-state index is 12.8. The van der Waals surface area contributed by atoms with E-state index in [2.05, 4.69) is 0 Å². The number of amides is 1. The number of rotatable bonds is 7. The van der Waals surface area contributed by atoms with Crippen molar-refractivity contribution in [1.29, 1.82) is 0 Å². The predicted molar refractivity (Wildman–Crippen MR) is 73.5 cm³/mol. The second kappa shape index (κ2) is 7.62. The molecule has 0 aromatic heterocycles. The minimum absolute atomic E-state index is 0.184. The Hall–Kier alpha value is -1.91. The molecule has 1 rings (SSSR count). The molecule has 0 spiro atoms. The van der Waals surface area contributed by atoms with Gasteiger partial charge in [0.05, 0.1) is 0 Å². The van der Waals surface area contributed by atoms with Crippen LogP contribution in [0, 0.1) is 11.7 Å². The number of hydrogen-bond donors (Lipinski definition) is 1. The molecule has 1 aromatic carbocycles. The third-order valence-corrected chi connectivity index (χ3v) is 2.90. The predicted octanol–water partition coefficient (Wildman–Crippen LogP) is 2.68. The van der Waals surface area contributed by atoms with Crippen molar-refractivity contribution in [3.63, 3.8) is 0 Å². The molecule has 0 unspecified atom stereocenters. The van der Waals surface area contributed by atoms with E-state index in [1.165, 1.54) is 17.0 Å². The SMILES string of the molecule is CC(C)CCC(=O)N(CC(=O)O)Cc1ccc(F)cc1. The van der Waals surface area contributed by atoms with Crippen molar-refractivity contribution in [2.24, 2.45) is 5.92 Å². The van der Waals surface area contributed by atoms with E-state index < -0.39 is 5.97 Å². The summed E-state index contributed by atoms with van der Waals surface area (Å²) < 4.78 is 12.8. The molecule has 1 N–H and O–H groups in total. The summed E-state index contributed by atoms with van der Waals surface area (Å²) in [6, 6.07) is 5.71. The Bertz CT molecular complexity index is 457. The number of aliphatic carboxylic acids is 1. The molecule has 1 aromatic rings. The molecule has 0 saturated heterocycles. The van der Waals surface area contributed by atoms with Crippen molar-refractivity contribution in [2.45, 2.75) is 33.2 Å². The van der Waals surface area contributed by atoms with Gasteiger partial charge in [0.15, 0.2) is 0 Å². The smallest absolute Gasteiger partial charge is 0.323 e. The molecule has 20 heavy (non-hydrogen) atoms. The Balaban J connectivity index is 2.70. The van der Waals surface area contributed by atoms with E-state index in [1.54, 1.807) is 12.1 Å². The number of benzene rings is 1. The highest BCUT2D eigenvalue weighted by molar-refractivity contribution is 5.81. The molecular weight excluding hydrogens is 261 g/mol. The van der Waals surface area contributed by atoms with E-state index in [1.807, 2.05) is 13.8 Å². The Morgan fingerprint density at radius 1 is 1.25 bits per heavy atom. The maximum Gasteiger partial charge on any atom is 0.323 e. The van der Waals surface area contributed by atoms with Crippen LogP contribution in [0.1, 0.15) is 32.3 Å². The van der Waals surface area contributed by atoms with E-state index in [-0.39, 0.29) is 24.8 Å². The normalized spacial score (nSPS) is 10.6. The van der Waals surface area contributed by atoms with E-state index in [4.69, 9.17) is 5.11 Å². The Kier molecular flexibility index (Phi) is 6.15. The van der Waals surface area contributed by atoms with Crippen LogP contribution in [0.5, 0.6) is 0 Å². The lowest BCUT2D eigenvalue weighted by Crippen LogP contribution is -2.35. The topological polar surface area (TPSA) is 57.6 Å². The highest BCUT2D eigenvalue weighted by Gasteiger charge is 2.17. The number of hydrogen-bond acceptors (Lipinski definition) is 2. The van der Waals surface area contributed by atoms with Gasteiger partial charge in [0.25, 0.3) is 0 Å². The minimum Gasteiger partial charge on any atom is -0.480 e. The molecule has 0 aliphatic carbocycles. The first kappa shape index (κ1) is 16.1. The minimum atomic E-state index is -1.05. The van der Waals surface area contributed by atoms with Crippen LogP contribution in [0.3, 0.4) is 0 Å². The van der Waals surface area contributed by atoms with Crippen LogP contribution >= 0.6 is 0 Å². The lowest BCUT2D eigenvalue weighted by Gasteiger charge is -2.21. The monoisotopic (exact) mass is 281 g/mol. The molecule has 0 saturated carbocycles. The molecule has 0 atom stereocenters. The average molecular weight is 281 g/mol. The molecule has 1 amide bonds. The molecule has 4 nitrogen and oxygen atoms in total. The van der Waals surface area contributed by atoms with E-state index in [0.717, 1.165) is 6.42 Å². The average Bonchev–Trinajstić information content (AvgIpc) is 2.37.